The van der Waals surface area contributed by atoms with Crippen LogP contribution in [-0.2, 0) is 0 Å². The maximum atomic E-state index is 13.5. The fourth-order valence-corrected chi connectivity index (χ4v) is 1.88. The zero-order valence-corrected chi connectivity index (χ0v) is 11.6. The number of pyridine rings is 1. The van der Waals surface area contributed by atoms with Gasteiger partial charge < -0.3 is 10.6 Å². The number of nitrogens with zero attached hydrogens (tertiary/aromatic N) is 2. The van der Waals surface area contributed by atoms with E-state index in [9.17, 15) is 9.18 Å². The van der Waals surface area contributed by atoms with E-state index in [4.69, 9.17) is 5.26 Å². The van der Waals surface area contributed by atoms with Crippen molar-refractivity contribution in [2.45, 2.75) is 6.92 Å². The number of hydrogen-bond donors (Lipinski definition) is 2. The number of carbonyl (C=O) groups excluding carboxylic acids is 1. The van der Waals surface area contributed by atoms with Crippen LogP contribution in [0.2, 0.25) is 0 Å². The van der Waals surface area contributed by atoms with Gasteiger partial charge in [0.1, 0.15) is 17.4 Å². The highest BCUT2D eigenvalue weighted by atomic mass is 19.1. The highest BCUT2D eigenvalue weighted by molar-refractivity contribution is 6.08. The summed E-state index contributed by atoms with van der Waals surface area (Å²) in [7, 11) is 1.69. The fraction of sp³-hybridized carbons (Fsp3) is 0.133. The van der Waals surface area contributed by atoms with E-state index in [0.717, 1.165) is 5.69 Å². The predicted molar refractivity (Wildman–Crippen MR) is 77.6 cm³/mol. The van der Waals surface area contributed by atoms with Crippen molar-refractivity contribution >= 4 is 17.3 Å². The molecule has 0 unspecified atom stereocenters. The van der Waals surface area contributed by atoms with Crippen molar-refractivity contribution in [3.8, 4) is 6.07 Å². The summed E-state index contributed by atoms with van der Waals surface area (Å²) >= 11 is 0. The first-order chi connectivity index (χ1) is 10.1. The van der Waals surface area contributed by atoms with Crippen LogP contribution < -0.4 is 10.6 Å². The number of amides is 1. The number of rotatable bonds is 3. The molecule has 0 saturated carbocycles. The van der Waals surface area contributed by atoms with Crippen LogP contribution in [0.3, 0.4) is 0 Å². The van der Waals surface area contributed by atoms with E-state index in [1.165, 1.54) is 24.4 Å². The Morgan fingerprint density at radius 3 is 2.81 bits per heavy atom. The van der Waals surface area contributed by atoms with Gasteiger partial charge in [-0.3, -0.25) is 9.78 Å². The second kappa shape index (κ2) is 6.01. The second-order valence-electron chi connectivity index (χ2n) is 4.35. The molecule has 0 radical (unpaired) electrons. The van der Waals surface area contributed by atoms with Crippen LogP contribution in [0, 0.1) is 24.1 Å². The number of aromatic nitrogens is 1. The largest absolute Gasteiger partial charge is 0.387 e. The van der Waals surface area contributed by atoms with Gasteiger partial charge >= 0.3 is 0 Å². The van der Waals surface area contributed by atoms with Gasteiger partial charge in [0.05, 0.1) is 16.9 Å². The van der Waals surface area contributed by atoms with Crippen molar-refractivity contribution < 1.29 is 9.18 Å². The highest BCUT2D eigenvalue weighted by Gasteiger charge is 2.15. The number of benzene rings is 1. The summed E-state index contributed by atoms with van der Waals surface area (Å²) in [5, 5.41) is 14.4. The number of aryl methyl sites for hydroxylation is 1. The van der Waals surface area contributed by atoms with E-state index in [0.29, 0.717) is 11.3 Å². The van der Waals surface area contributed by atoms with E-state index in [2.05, 4.69) is 15.6 Å². The molecule has 0 aliphatic heterocycles. The van der Waals surface area contributed by atoms with Gasteiger partial charge in [-0.15, -0.1) is 0 Å². The van der Waals surface area contributed by atoms with Crippen molar-refractivity contribution in [1.82, 2.24) is 4.98 Å². The summed E-state index contributed by atoms with van der Waals surface area (Å²) < 4.78 is 13.5. The average molecular weight is 284 g/mol. The number of nitrogens with one attached hydrogen (secondary N) is 2. The fourth-order valence-electron chi connectivity index (χ4n) is 1.88. The standard InChI is InChI=1S/C15H13FN4O/c1-9-6-14(18-2)11(8-19-9)15(21)20-13-5-3-4-12(16)10(13)7-17/h3-6,8H,1-2H3,(H,18,19)(H,20,21). The second-order valence-corrected chi connectivity index (χ2v) is 4.35. The third kappa shape index (κ3) is 2.98. The van der Waals surface area contributed by atoms with Gasteiger partial charge in [0.2, 0.25) is 0 Å². The van der Waals surface area contributed by atoms with Crippen LogP contribution in [0.4, 0.5) is 15.8 Å². The third-order valence-electron chi connectivity index (χ3n) is 2.93. The molecule has 1 aromatic carbocycles. The first-order valence-corrected chi connectivity index (χ1v) is 6.21. The molecule has 2 aromatic rings. The molecule has 0 aliphatic rings. The van der Waals surface area contributed by atoms with Gasteiger partial charge in [-0.25, -0.2) is 4.39 Å². The van der Waals surface area contributed by atoms with Crippen molar-refractivity contribution in [2.75, 3.05) is 17.7 Å². The minimum Gasteiger partial charge on any atom is -0.387 e. The summed E-state index contributed by atoms with van der Waals surface area (Å²) in [6, 6.07) is 7.53. The molecule has 0 fully saturated rings. The molecule has 5 nitrogen and oxygen atoms in total. The maximum Gasteiger partial charge on any atom is 0.259 e. The summed E-state index contributed by atoms with van der Waals surface area (Å²) in [4.78, 5) is 16.3. The van der Waals surface area contributed by atoms with Gasteiger partial charge in [-0.1, -0.05) is 6.07 Å². The number of anilines is 2. The molecule has 0 bridgehead atoms. The molecule has 21 heavy (non-hydrogen) atoms. The average Bonchev–Trinajstić information content (AvgIpc) is 2.47. The van der Waals surface area contributed by atoms with Gasteiger partial charge in [-0.2, -0.15) is 5.26 Å². The zero-order chi connectivity index (χ0) is 15.4. The van der Waals surface area contributed by atoms with Crippen molar-refractivity contribution in [2.24, 2.45) is 0 Å². The first-order valence-electron chi connectivity index (χ1n) is 6.21. The molecule has 1 aromatic heterocycles. The lowest BCUT2D eigenvalue weighted by Crippen LogP contribution is -2.15. The summed E-state index contributed by atoms with van der Waals surface area (Å²) in [5.74, 6) is -1.14. The van der Waals surface area contributed by atoms with Crippen LogP contribution in [0.15, 0.2) is 30.5 Å². The Morgan fingerprint density at radius 2 is 2.14 bits per heavy atom. The smallest absolute Gasteiger partial charge is 0.259 e. The number of carbonyl (C=O) groups is 1. The van der Waals surface area contributed by atoms with Crippen LogP contribution in [0.5, 0.6) is 0 Å². The van der Waals surface area contributed by atoms with E-state index in [-0.39, 0.29) is 11.3 Å². The lowest BCUT2D eigenvalue weighted by molar-refractivity contribution is 0.102. The maximum absolute atomic E-state index is 13.5. The monoisotopic (exact) mass is 284 g/mol. The van der Waals surface area contributed by atoms with Crippen LogP contribution in [0.25, 0.3) is 0 Å². The molecule has 6 heteroatoms. The minimum absolute atomic E-state index is 0.130. The van der Waals surface area contributed by atoms with E-state index < -0.39 is 11.7 Å². The molecule has 106 valence electrons. The van der Waals surface area contributed by atoms with Crippen molar-refractivity contribution in [1.29, 1.82) is 5.26 Å². The molecule has 0 atom stereocenters. The Bertz CT molecular complexity index is 737. The normalized spacial score (nSPS) is 9.81. The van der Waals surface area contributed by atoms with Crippen LogP contribution in [0.1, 0.15) is 21.6 Å². The van der Waals surface area contributed by atoms with Crippen molar-refractivity contribution in [3.05, 3.63) is 53.1 Å². The molecular weight excluding hydrogens is 271 g/mol. The Labute approximate surface area is 121 Å². The van der Waals surface area contributed by atoms with E-state index >= 15 is 0 Å². The Balaban J connectivity index is 2.36. The lowest BCUT2D eigenvalue weighted by Gasteiger charge is -2.11. The van der Waals surface area contributed by atoms with Gasteiger partial charge in [0.25, 0.3) is 5.91 Å². The first kappa shape index (κ1) is 14.5. The number of nitriles is 1. The predicted octanol–water partition coefficient (Wildman–Crippen LogP) is 2.69. The summed E-state index contributed by atoms with van der Waals surface area (Å²) in [6.45, 7) is 1.81. The highest BCUT2D eigenvalue weighted by Crippen LogP contribution is 2.21. The SMILES string of the molecule is CNc1cc(C)ncc1C(=O)Nc1cccc(F)c1C#N. The summed E-state index contributed by atoms with van der Waals surface area (Å²) in [5.41, 5.74) is 1.62. The van der Waals surface area contributed by atoms with Crippen molar-refractivity contribution in [3.63, 3.8) is 0 Å². The van der Waals surface area contributed by atoms with Gasteiger partial charge in [-0.05, 0) is 25.1 Å². The van der Waals surface area contributed by atoms with Crippen LogP contribution >= 0.6 is 0 Å². The minimum atomic E-state index is -0.675. The van der Waals surface area contributed by atoms with Gasteiger partial charge in [0.15, 0.2) is 0 Å². The Morgan fingerprint density at radius 1 is 1.38 bits per heavy atom. The zero-order valence-electron chi connectivity index (χ0n) is 11.6. The van der Waals surface area contributed by atoms with E-state index in [1.807, 2.05) is 6.92 Å². The van der Waals surface area contributed by atoms with Crippen LogP contribution in [-0.4, -0.2) is 17.9 Å². The van der Waals surface area contributed by atoms with Gasteiger partial charge in [0, 0.05) is 18.9 Å². The summed E-state index contributed by atoms with van der Waals surface area (Å²) in [6.07, 6.45) is 1.43. The number of hydrogen-bond acceptors (Lipinski definition) is 4. The quantitative estimate of drug-likeness (QED) is 0.908. The lowest BCUT2D eigenvalue weighted by atomic mass is 10.1. The molecule has 0 aliphatic carbocycles. The molecule has 1 heterocycles. The molecule has 0 saturated heterocycles. The third-order valence-corrected chi connectivity index (χ3v) is 2.93. The Hall–Kier alpha value is -2.94. The van der Waals surface area contributed by atoms with E-state index in [1.54, 1.807) is 19.2 Å². The number of halogens is 1. The molecule has 2 rings (SSSR count). The topological polar surface area (TPSA) is 77.8 Å². The molecule has 1 amide bonds. The Kier molecular flexibility index (Phi) is 4.14. The molecule has 0 spiro atoms. The molecular formula is C15H13FN4O. The molecule has 2 N–H and O–H groups in total.